The van der Waals surface area contributed by atoms with E-state index < -0.39 is 16.8 Å². The van der Waals surface area contributed by atoms with Crippen LogP contribution in [-0.4, -0.2) is 16.9 Å². The van der Waals surface area contributed by atoms with E-state index in [-0.39, 0.29) is 11.7 Å². The van der Waals surface area contributed by atoms with Gasteiger partial charge in [0.1, 0.15) is 5.41 Å². The fourth-order valence-corrected chi connectivity index (χ4v) is 5.21. The van der Waals surface area contributed by atoms with Crippen LogP contribution in [0.1, 0.15) is 41.6 Å². The molecule has 2 aliphatic rings. The maximum Gasteiger partial charge on any atom is 0.315 e. The molecule has 24 heavy (non-hydrogen) atoms. The third kappa shape index (κ3) is 1.84. The van der Waals surface area contributed by atoms with E-state index in [9.17, 15) is 14.7 Å². The molecule has 3 atom stereocenters. The molecule has 0 unspecified atom stereocenters. The van der Waals surface area contributed by atoms with Crippen LogP contribution in [-0.2, 0) is 10.2 Å². The molecule has 2 aromatic carbocycles. The lowest BCUT2D eigenvalue weighted by Gasteiger charge is -2.23. The predicted molar refractivity (Wildman–Crippen MR) is 90.9 cm³/mol. The highest BCUT2D eigenvalue weighted by Crippen LogP contribution is 2.78. The summed E-state index contributed by atoms with van der Waals surface area (Å²) in [6, 6.07) is 18.7. The van der Waals surface area contributed by atoms with Crippen LogP contribution in [0.4, 0.5) is 0 Å². The normalized spacial score (nSPS) is 30.6. The zero-order valence-electron chi connectivity index (χ0n) is 13.4. The summed E-state index contributed by atoms with van der Waals surface area (Å²) in [4.78, 5) is 25.1. The van der Waals surface area contributed by atoms with Crippen LogP contribution in [0.25, 0.3) is 0 Å². The zero-order chi connectivity index (χ0) is 16.8. The van der Waals surface area contributed by atoms with Gasteiger partial charge in [-0.25, -0.2) is 0 Å². The van der Waals surface area contributed by atoms with Crippen LogP contribution in [0.3, 0.4) is 0 Å². The number of hydrogen-bond acceptors (Lipinski definition) is 2. The predicted octanol–water partition coefficient (Wildman–Crippen LogP) is 4.08. The summed E-state index contributed by atoms with van der Waals surface area (Å²) >= 11 is 0. The van der Waals surface area contributed by atoms with Crippen molar-refractivity contribution in [1.29, 1.82) is 0 Å². The first-order chi connectivity index (χ1) is 11.6. The molecule has 0 bridgehead atoms. The number of benzene rings is 2. The van der Waals surface area contributed by atoms with Crippen molar-refractivity contribution in [1.82, 2.24) is 0 Å². The Kier molecular flexibility index (Phi) is 3.34. The van der Waals surface area contributed by atoms with Crippen molar-refractivity contribution in [2.45, 2.75) is 31.1 Å². The third-order valence-electron chi connectivity index (χ3n) is 6.15. The number of carbonyl (C=O) groups excluding carboxylic acids is 1. The lowest BCUT2D eigenvalue weighted by molar-refractivity contribution is -0.141. The molecule has 0 amide bonds. The highest BCUT2D eigenvalue weighted by Gasteiger charge is 2.82. The molecular formula is C21H20O3. The molecule has 0 aliphatic heterocycles. The van der Waals surface area contributed by atoms with Gasteiger partial charge in [0, 0.05) is 17.4 Å². The van der Waals surface area contributed by atoms with Crippen LogP contribution in [0.5, 0.6) is 0 Å². The summed E-state index contributed by atoms with van der Waals surface area (Å²) < 4.78 is 0. The highest BCUT2D eigenvalue weighted by atomic mass is 16.4. The summed E-state index contributed by atoms with van der Waals surface area (Å²) in [5.74, 6) is -0.654. The van der Waals surface area contributed by atoms with Crippen LogP contribution < -0.4 is 0 Å². The van der Waals surface area contributed by atoms with Crippen LogP contribution in [0.2, 0.25) is 0 Å². The molecule has 0 heterocycles. The average molecular weight is 320 g/mol. The van der Waals surface area contributed by atoms with Crippen LogP contribution >= 0.6 is 0 Å². The summed E-state index contributed by atoms with van der Waals surface area (Å²) in [6.07, 6.45) is 3.04. The van der Waals surface area contributed by atoms with E-state index in [1.807, 2.05) is 60.7 Å². The minimum Gasteiger partial charge on any atom is -0.481 e. The SMILES string of the molecule is O=C(C[C@]12CCC[C@H]1[C@@]2(C(=O)O)c1ccccc1)c1ccccc1. The van der Waals surface area contributed by atoms with Gasteiger partial charge in [0.05, 0.1) is 0 Å². The Bertz CT molecular complexity index is 783. The van der Waals surface area contributed by atoms with Crippen molar-refractivity contribution in [3.8, 4) is 0 Å². The lowest BCUT2D eigenvalue weighted by Crippen LogP contribution is -2.31. The number of aliphatic carboxylic acids is 1. The fraction of sp³-hybridized carbons (Fsp3) is 0.333. The molecule has 2 aromatic rings. The standard InChI is InChI=1S/C21H20O3/c22-17(15-8-3-1-4-9-15)14-20-13-7-12-18(20)21(20,19(23)24)16-10-5-2-6-11-16/h1-6,8-11,18H,7,12-14H2,(H,23,24)/t18-,20-,21-/m1/s1. The van der Waals surface area contributed by atoms with Gasteiger partial charge in [-0.15, -0.1) is 0 Å². The summed E-state index contributed by atoms with van der Waals surface area (Å²) in [6.45, 7) is 0. The Hall–Kier alpha value is -2.42. The Morgan fingerprint density at radius 1 is 1.00 bits per heavy atom. The molecule has 0 spiro atoms. The second-order valence-electron chi connectivity index (χ2n) is 7.05. The molecule has 0 saturated heterocycles. The van der Waals surface area contributed by atoms with Gasteiger partial charge in [-0.2, -0.15) is 0 Å². The van der Waals surface area contributed by atoms with Crippen molar-refractivity contribution in [3.05, 3.63) is 71.8 Å². The molecule has 3 heteroatoms. The number of carboxylic acid groups (broad SMARTS) is 1. The number of ketones is 1. The Morgan fingerprint density at radius 2 is 1.62 bits per heavy atom. The minimum absolute atomic E-state index is 0.0570. The third-order valence-corrected chi connectivity index (χ3v) is 6.15. The number of hydrogen-bond donors (Lipinski definition) is 1. The van der Waals surface area contributed by atoms with Gasteiger partial charge in [-0.1, -0.05) is 67.1 Å². The second-order valence-corrected chi connectivity index (χ2v) is 7.05. The van der Waals surface area contributed by atoms with E-state index in [0.717, 1.165) is 24.8 Å². The largest absolute Gasteiger partial charge is 0.481 e. The molecule has 0 radical (unpaired) electrons. The molecule has 2 fully saturated rings. The molecule has 2 saturated carbocycles. The molecule has 122 valence electrons. The first-order valence-electron chi connectivity index (χ1n) is 8.50. The zero-order valence-corrected chi connectivity index (χ0v) is 13.4. The summed E-state index contributed by atoms with van der Waals surface area (Å²) in [5.41, 5.74) is 0.212. The maximum absolute atomic E-state index is 12.8. The maximum atomic E-state index is 12.8. The lowest BCUT2D eigenvalue weighted by atomic mass is 9.79. The Morgan fingerprint density at radius 3 is 2.25 bits per heavy atom. The van der Waals surface area contributed by atoms with E-state index in [2.05, 4.69) is 0 Å². The number of carbonyl (C=O) groups is 2. The van der Waals surface area contributed by atoms with Gasteiger partial charge in [-0.3, -0.25) is 9.59 Å². The summed E-state index contributed by atoms with van der Waals surface area (Å²) in [5, 5.41) is 10.1. The van der Waals surface area contributed by atoms with Crippen molar-refractivity contribution in [2.24, 2.45) is 11.3 Å². The first-order valence-corrected chi connectivity index (χ1v) is 8.50. The van der Waals surface area contributed by atoms with Crippen molar-refractivity contribution >= 4 is 11.8 Å². The van der Waals surface area contributed by atoms with Crippen molar-refractivity contribution in [3.63, 3.8) is 0 Å². The molecule has 4 rings (SSSR count). The van der Waals surface area contributed by atoms with E-state index in [1.54, 1.807) is 0 Å². The van der Waals surface area contributed by atoms with Gasteiger partial charge in [0.15, 0.2) is 5.78 Å². The fourth-order valence-electron chi connectivity index (χ4n) is 5.21. The van der Waals surface area contributed by atoms with E-state index in [1.165, 1.54) is 0 Å². The smallest absolute Gasteiger partial charge is 0.315 e. The molecule has 0 aromatic heterocycles. The molecule has 3 nitrogen and oxygen atoms in total. The van der Waals surface area contributed by atoms with Crippen LogP contribution in [0.15, 0.2) is 60.7 Å². The quantitative estimate of drug-likeness (QED) is 0.845. The second kappa shape index (κ2) is 5.30. The van der Waals surface area contributed by atoms with Gasteiger partial charge in [0.2, 0.25) is 0 Å². The molecular weight excluding hydrogens is 300 g/mol. The van der Waals surface area contributed by atoms with Crippen LogP contribution in [0, 0.1) is 11.3 Å². The average Bonchev–Trinajstić information content (AvgIpc) is 2.93. The number of carboxylic acids is 1. The first kappa shape index (κ1) is 15.1. The van der Waals surface area contributed by atoms with Crippen molar-refractivity contribution < 1.29 is 14.7 Å². The van der Waals surface area contributed by atoms with E-state index in [0.29, 0.717) is 12.0 Å². The van der Waals surface area contributed by atoms with Gasteiger partial charge in [0.25, 0.3) is 0 Å². The monoisotopic (exact) mass is 320 g/mol. The van der Waals surface area contributed by atoms with Crippen molar-refractivity contribution in [2.75, 3.05) is 0 Å². The molecule has 1 N–H and O–H groups in total. The van der Waals surface area contributed by atoms with Gasteiger partial charge >= 0.3 is 5.97 Å². The topological polar surface area (TPSA) is 54.4 Å². The van der Waals surface area contributed by atoms with E-state index in [4.69, 9.17) is 0 Å². The highest BCUT2D eigenvalue weighted by molar-refractivity contribution is 5.99. The van der Waals surface area contributed by atoms with Gasteiger partial charge in [-0.05, 0) is 24.3 Å². The minimum atomic E-state index is -0.892. The number of fused-ring (bicyclic) bond motifs is 1. The number of Topliss-reactive ketones (excluding diaryl/α,β-unsaturated/α-hetero) is 1. The Labute approximate surface area is 141 Å². The number of rotatable bonds is 5. The van der Waals surface area contributed by atoms with Gasteiger partial charge < -0.3 is 5.11 Å². The van der Waals surface area contributed by atoms with E-state index >= 15 is 0 Å². The summed E-state index contributed by atoms with van der Waals surface area (Å²) in [7, 11) is 0. The Balaban J connectivity index is 1.73. The molecule has 2 aliphatic carbocycles.